The summed E-state index contributed by atoms with van der Waals surface area (Å²) in [5, 5.41) is 1.99. The van der Waals surface area contributed by atoms with Crippen molar-refractivity contribution in [1.29, 1.82) is 0 Å². The number of nitrogens with zero attached hydrogens (tertiary/aromatic N) is 2. The third kappa shape index (κ3) is 2.66. The summed E-state index contributed by atoms with van der Waals surface area (Å²) in [7, 11) is 0. The molecule has 1 aliphatic heterocycles. The summed E-state index contributed by atoms with van der Waals surface area (Å²) in [6, 6.07) is 1.92. The van der Waals surface area contributed by atoms with Gasteiger partial charge < -0.3 is 9.80 Å². The molecule has 1 fully saturated rings. The highest BCUT2D eigenvalue weighted by atomic mass is 32.1. The van der Waals surface area contributed by atoms with Gasteiger partial charge in [0, 0.05) is 33.1 Å². The maximum atomic E-state index is 12.1. The molecule has 1 aliphatic rings. The SMILES string of the molecule is CC(=O)N1CCN(C(=O)c2cc(C)cs2)CC1. The van der Waals surface area contributed by atoms with Gasteiger partial charge in [0.05, 0.1) is 4.88 Å². The van der Waals surface area contributed by atoms with Crippen LogP contribution in [0.5, 0.6) is 0 Å². The number of aryl methyl sites for hydroxylation is 1. The number of hydrogen-bond donors (Lipinski definition) is 0. The summed E-state index contributed by atoms with van der Waals surface area (Å²) < 4.78 is 0. The number of piperazine rings is 1. The molecule has 0 radical (unpaired) electrons. The van der Waals surface area contributed by atoms with Crippen molar-refractivity contribution in [3.63, 3.8) is 0 Å². The summed E-state index contributed by atoms with van der Waals surface area (Å²) in [6.45, 7) is 6.11. The van der Waals surface area contributed by atoms with Crippen LogP contribution in [0.3, 0.4) is 0 Å². The van der Waals surface area contributed by atoms with E-state index in [0.29, 0.717) is 26.2 Å². The first kappa shape index (κ1) is 12.1. The Morgan fingerprint density at radius 1 is 1.18 bits per heavy atom. The molecule has 2 heterocycles. The Balaban J connectivity index is 1.97. The van der Waals surface area contributed by atoms with Crippen molar-refractivity contribution in [3.05, 3.63) is 21.9 Å². The van der Waals surface area contributed by atoms with E-state index in [9.17, 15) is 9.59 Å². The van der Waals surface area contributed by atoms with Gasteiger partial charge in [-0.3, -0.25) is 9.59 Å². The zero-order chi connectivity index (χ0) is 12.4. The fourth-order valence-electron chi connectivity index (χ4n) is 1.92. The fourth-order valence-corrected chi connectivity index (χ4v) is 2.79. The Labute approximate surface area is 105 Å². The zero-order valence-corrected chi connectivity index (χ0v) is 10.9. The number of rotatable bonds is 1. The largest absolute Gasteiger partial charge is 0.339 e. The van der Waals surface area contributed by atoms with E-state index in [1.165, 1.54) is 11.3 Å². The van der Waals surface area contributed by atoms with Gasteiger partial charge in [-0.05, 0) is 23.9 Å². The van der Waals surface area contributed by atoms with Crippen molar-refractivity contribution in [3.8, 4) is 0 Å². The fraction of sp³-hybridized carbons (Fsp3) is 0.500. The molecule has 0 aromatic carbocycles. The average Bonchev–Trinajstić information content (AvgIpc) is 2.75. The molecule has 0 N–H and O–H groups in total. The second kappa shape index (κ2) is 4.87. The highest BCUT2D eigenvalue weighted by molar-refractivity contribution is 7.12. The molecule has 0 aliphatic carbocycles. The number of carbonyl (C=O) groups excluding carboxylic acids is 2. The second-order valence-electron chi connectivity index (χ2n) is 4.29. The van der Waals surface area contributed by atoms with E-state index in [1.54, 1.807) is 11.8 Å². The van der Waals surface area contributed by atoms with Gasteiger partial charge in [-0.1, -0.05) is 0 Å². The van der Waals surface area contributed by atoms with Crippen LogP contribution in [0.15, 0.2) is 11.4 Å². The topological polar surface area (TPSA) is 40.6 Å². The van der Waals surface area contributed by atoms with Crippen LogP contribution in [0.4, 0.5) is 0 Å². The molecule has 4 nitrogen and oxygen atoms in total. The van der Waals surface area contributed by atoms with Crippen molar-refractivity contribution >= 4 is 23.2 Å². The van der Waals surface area contributed by atoms with E-state index in [1.807, 2.05) is 23.3 Å². The van der Waals surface area contributed by atoms with Gasteiger partial charge in [0.2, 0.25) is 5.91 Å². The maximum absolute atomic E-state index is 12.1. The van der Waals surface area contributed by atoms with Crippen LogP contribution in [-0.2, 0) is 4.79 Å². The van der Waals surface area contributed by atoms with Gasteiger partial charge in [-0.2, -0.15) is 0 Å². The van der Waals surface area contributed by atoms with Crippen LogP contribution in [0.2, 0.25) is 0 Å². The molecule has 92 valence electrons. The lowest BCUT2D eigenvalue weighted by molar-refractivity contribution is -0.130. The normalized spacial score (nSPS) is 16.1. The van der Waals surface area contributed by atoms with E-state index in [0.717, 1.165) is 10.4 Å². The van der Waals surface area contributed by atoms with E-state index >= 15 is 0 Å². The molecule has 1 aromatic rings. The zero-order valence-electron chi connectivity index (χ0n) is 10.1. The van der Waals surface area contributed by atoms with E-state index in [-0.39, 0.29) is 11.8 Å². The Morgan fingerprint density at radius 2 is 1.76 bits per heavy atom. The lowest BCUT2D eigenvalue weighted by Gasteiger charge is -2.33. The van der Waals surface area contributed by atoms with Gasteiger partial charge in [-0.25, -0.2) is 0 Å². The smallest absolute Gasteiger partial charge is 0.264 e. The molecular formula is C12H16N2O2S. The van der Waals surface area contributed by atoms with Gasteiger partial charge in [0.25, 0.3) is 5.91 Å². The number of amides is 2. The van der Waals surface area contributed by atoms with Crippen molar-refractivity contribution in [2.75, 3.05) is 26.2 Å². The minimum Gasteiger partial charge on any atom is -0.339 e. The van der Waals surface area contributed by atoms with Crippen LogP contribution in [-0.4, -0.2) is 47.8 Å². The molecule has 2 rings (SSSR count). The first-order valence-corrected chi connectivity index (χ1v) is 6.56. The first-order valence-electron chi connectivity index (χ1n) is 5.68. The van der Waals surface area contributed by atoms with Crippen LogP contribution in [0.1, 0.15) is 22.2 Å². The summed E-state index contributed by atoms with van der Waals surface area (Å²) in [6.07, 6.45) is 0. The van der Waals surface area contributed by atoms with Crippen molar-refractivity contribution in [2.24, 2.45) is 0 Å². The lowest BCUT2D eigenvalue weighted by atomic mass is 10.2. The average molecular weight is 252 g/mol. The quantitative estimate of drug-likeness (QED) is 0.757. The number of hydrogen-bond acceptors (Lipinski definition) is 3. The summed E-state index contributed by atoms with van der Waals surface area (Å²) >= 11 is 1.49. The van der Waals surface area contributed by atoms with Crippen LogP contribution in [0, 0.1) is 6.92 Å². The molecule has 2 amide bonds. The van der Waals surface area contributed by atoms with Gasteiger partial charge in [0.1, 0.15) is 0 Å². The number of carbonyl (C=O) groups is 2. The van der Waals surface area contributed by atoms with Gasteiger partial charge in [-0.15, -0.1) is 11.3 Å². The third-order valence-electron chi connectivity index (χ3n) is 2.95. The minimum atomic E-state index is 0.0871. The molecule has 0 unspecified atom stereocenters. The molecule has 1 saturated heterocycles. The van der Waals surface area contributed by atoms with E-state index < -0.39 is 0 Å². The van der Waals surface area contributed by atoms with Crippen LogP contribution in [0.25, 0.3) is 0 Å². The van der Waals surface area contributed by atoms with Crippen molar-refractivity contribution in [1.82, 2.24) is 9.80 Å². The Bertz CT molecular complexity index is 433. The third-order valence-corrected chi connectivity index (χ3v) is 3.99. The van der Waals surface area contributed by atoms with Gasteiger partial charge in [0.15, 0.2) is 0 Å². The summed E-state index contributed by atoms with van der Waals surface area (Å²) in [5.74, 6) is 0.176. The van der Waals surface area contributed by atoms with E-state index in [4.69, 9.17) is 0 Å². The molecule has 0 atom stereocenters. The monoisotopic (exact) mass is 252 g/mol. The molecule has 0 bridgehead atoms. The molecule has 5 heteroatoms. The predicted molar refractivity (Wildman–Crippen MR) is 67.2 cm³/mol. The standard InChI is InChI=1S/C12H16N2O2S/c1-9-7-11(17-8-9)12(16)14-5-3-13(4-6-14)10(2)15/h7-8H,3-6H2,1-2H3. The Morgan fingerprint density at radius 3 is 2.24 bits per heavy atom. The molecule has 0 saturated carbocycles. The Kier molecular flexibility index (Phi) is 3.47. The van der Waals surface area contributed by atoms with E-state index in [2.05, 4.69) is 0 Å². The number of thiophene rings is 1. The molecule has 1 aromatic heterocycles. The van der Waals surface area contributed by atoms with Crippen molar-refractivity contribution < 1.29 is 9.59 Å². The lowest BCUT2D eigenvalue weighted by Crippen LogP contribution is -2.49. The minimum absolute atomic E-state index is 0.0871. The summed E-state index contributed by atoms with van der Waals surface area (Å²) in [5.41, 5.74) is 1.13. The highest BCUT2D eigenvalue weighted by Gasteiger charge is 2.23. The molecule has 17 heavy (non-hydrogen) atoms. The maximum Gasteiger partial charge on any atom is 0.264 e. The molecule has 0 spiro atoms. The van der Waals surface area contributed by atoms with Crippen LogP contribution < -0.4 is 0 Å². The van der Waals surface area contributed by atoms with Gasteiger partial charge >= 0.3 is 0 Å². The Hall–Kier alpha value is -1.36. The first-order chi connectivity index (χ1) is 8.08. The van der Waals surface area contributed by atoms with Crippen molar-refractivity contribution in [2.45, 2.75) is 13.8 Å². The highest BCUT2D eigenvalue weighted by Crippen LogP contribution is 2.17. The molecular weight excluding hydrogens is 236 g/mol. The summed E-state index contributed by atoms with van der Waals surface area (Å²) in [4.78, 5) is 27.7. The predicted octanol–water partition coefficient (Wildman–Crippen LogP) is 1.36. The van der Waals surface area contributed by atoms with Crippen LogP contribution >= 0.6 is 11.3 Å². The second-order valence-corrected chi connectivity index (χ2v) is 5.20.